The molecule has 0 aromatic heterocycles. The van der Waals surface area contributed by atoms with Crippen LogP contribution in [0.2, 0.25) is 0 Å². The van der Waals surface area contributed by atoms with Gasteiger partial charge in [-0.15, -0.1) is 0 Å². The van der Waals surface area contributed by atoms with Gasteiger partial charge in [0, 0.05) is 7.05 Å². The lowest BCUT2D eigenvalue weighted by Crippen LogP contribution is -2.50. The zero-order valence-electron chi connectivity index (χ0n) is 9.71. The van der Waals surface area contributed by atoms with Gasteiger partial charge >= 0.3 is 18.2 Å². The molecule has 0 saturated heterocycles. The lowest BCUT2D eigenvalue weighted by molar-refractivity contribution is -0.140. The van der Waals surface area contributed by atoms with Crippen LogP contribution < -0.4 is 5.32 Å². The molecule has 1 unspecified atom stereocenters. The lowest BCUT2D eigenvalue weighted by Gasteiger charge is -2.23. The molecule has 8 heteroatoms. The fourth-order valence-corrected chi connectivity index (χ4v) is 1.10. The van der Waals surface area contributed by atoms with Crippen molar-refractivity contribution in [3.05, 3.63) is 0 Å². The molecular formula is C9H15F3N2O3. The van der Waals surface area contributed by atoms with Crippen molar-refractivity contribution < 1.29 is 27.9 Å². The standard InChI is InChI=1S/C9H15F3N2O3/c1-5(2)6(7(15)16)13-8(17)14(3)4-9(10,11)12/h5-6H,4H2,1-3H3,(H,13,17)(H,15,16). The minimum atomic E-state index is -4.51. The maximum Gasteiger partial charge on any atom is 0.406 e. The fourth-order valence-electron chi connectivity index (χ4n) is 1.10. The third kappa shape index (κ3) is 5.98. The van der Waals surface area contributed by atoms with Gasteiger partial charge in [-0.2, -0.15) is 13.2 Å². The van der Waals surface area contributed by atoms with Crippen molar-refractivity contribution in [3.63, 3.8) is 0 Å². The summed E-state index contributed by atoms with van der Waals surface area (Å²) in [6.45, 7) is 1.66. The molecule has 0 radical (unpaired) electrons. The molecule has 0 rings (SSSR count). The first kappa shape index (κ1) is 15.5. The van der Waals surface area contributed by atoms with Crippen molar-refractivity contribution in [2.75, 3.05) is 13.6 Å². The molecule has 0 aliphatic rings. The second-order valence-electron chi connectivity index (χ2n) is 3.98. The Bertz CT molecular complexity index is 292. The Labute approximate surface area is 96.6 Å². The molecule has 0 aliphatic heterocycles. The summed E-state index contributed by atoms with van der Waals surface area (Å²) in [6.07, 6.45) is -4.51. The number of nitrogens with zero attached hydrogens (tertiary/aromatic N) is 1. The van der Waals surface area contributed by atoms with Crippen LogP contribution in [0.25, 0.3) is 0 Å². The maximum atomic E-state index is 12.0. The highest BCUT2D eigenvalue weighted by molar-refractivity contribution is 5.82. The molecule has 100 valence electrons. The second kappa shape index (κ2) is 5.74. The number of aliphatic carboxylic acids is 1. The van der Waals surface area contributed by atoms with E-state index in [1.807, 2.05) is 5.32 Å². The summed E-state index contributed by atoms with van der Waals surface area (Å²) in [7, 11) is 0.946. The number of urea groups is 1. The predicted octanol–water partition coefficient (Wildman–Crippen LogP) is 1.30. The first-order valence-electron chi connectivity index (χ1n) is 4.85. The van der Waals surface area contributed by atoms with Crippen molar-refractivity contribution in [3.8, 4) is 0 Å². The van der Waals surface area contributed by atoms with Crippen molar-refractivity contribution in [2.45, 2.75) is 26.1 Å². The van der Waals surface area contributed by atoms with E-state index in [0.29, 0.717) is 4.90 Å². The third-order valence-electron chi connectivity index (χ3n) is 1.97. The van der Waals surface area contributed by atoms with Gasteiger partial charge < -0.3 is 15.3 Å². The summed E-state index contributed by atoms with van der Waals surface area (Å²) in [5.74, 6) is -1.70. The molecule has 2 N–H and O–H groups in total. The molecular weight excluding hydrogens is 241 g/mol. The molecule has 0 spiro atoms. The van der Waals surface area contributed by atoms with E-state index in [-0.39, 0.29) is 0 Å². The van der Waals surface area contributed by atoms with E-state index in [1.165, 1.54) is 0 Å². The van der Waals surface area contributed by atoms with Gasteiger partial charge in [-0.25, -0.2) is 9.59 Å². The molecule has 0 aliphatic carbocycles. The second-order valence-corrected chi connectivity index (χ2v) is 3.98. The number of hydrogen-bond donors (Lipinski definition) is 2. The molecule has 0 bridgehead atoms. The van der Waals surface area contributed by atoms with Gasteiger partial charge in [0.25, 0.3) is 0 Å². The SMILES string of the molecule is CC(C)C(NC(=O)N(C)CC(F)(F)F)C(=O)O. The van der Waals surface area contributed by atoms with Gasteiger partial charge in [0.15, 0.2) is 0 Å². The van der Waals surface area contributed by atoms with E-state index in [0.717, 1.165) is 7.05 Å². The van der Waals surface area contributed by atoms with Crippen molar-refractivity contribution in [2.24, 2.45) is 5.92 Å². The summed E-state index contributed by atoms with van der Waals surface area (Å²) in [5.41, 5.74) is 0. The van der Waals surface area contributed by atoms with E-state index in [9.17, 15) is 22.8 Å². The number of halogens is 3. The minimum Gasteiger partial charge on any atom is -0.480 e. The third-order valence-corrected chi connectivity index (χ3v) is 1.97. The van der Waals surface area contributed by atoms with Gasteiger partial charge in [0.2, 0.25) is 0 Å². The summed E-state index contributed by atoms with van der Waals surface area (Å²) in [4.78, 5) is 22.4. The Morgan fingerprint density at radius 2 is 1.82 bits per heavy atom. The van der Waals surface area contributed by atoms with Crippen LogP contribution in [0, 0.1) is 5.92 Å². The van der Waals surface area contributed by atoms with E-state index in [4.69, 9.17) is 5.11 Å². The average Bonchev–Trinajstić information content (AvgIpc) is 2.09. The quantitative estimate of drug-likeness (QED) is 0.796. The summed E-state index contributed by atoms with van der Waals surface area (Å²) in [5, 5.41) is 10.8. The Morgan fingerprint density at radius 1 is 1.35 bits per heavy atom. The number of carbonyl (C=O) groups is 2. The molecule has 0 saturated carbocycles. The number of rotatable bonds is 4. The molecule has 1 atom stereocenters. The number of carboxylic acid groups (broad SMARTS) is 1. The van der Waals surface area contributed by atoms with Crippen LogP contribution in [-0.2, 0) is 4.79 Å². The topological polar surface area (TPSA) is 69.6 Å². The number of carboxylic acids is 1. The fraction of sp³-hybridized carbons (Fsp3) is 0.778. The molecule has 0 heterocycles. The minimum absolute atomic E-state index is 0.387. The normalized spacial score (nSPS) is 13.4. The van der Waals surface area contributed by atoms with Gasteiger partial charge in [-0.1, -0.05) is 13.8 Å². The molecule has 0 fully saturated rings. The number of nitrogens with one attached hydrogen (secondary N) is 1. The molecule has 5 nitrogen and oxygen atoms in total. The van der Waals surface area contributed by atoms with Gasteiger partial charge in [0.1, 0.15) is 12.6 Å². The predicted molar refractivity (Wildman–Crippen MR) is 53.5 cm³/mol. The molecule has 2 amide bonds. The van der Waals surface area contributed by atoms with Crippen LogP contribution in [0.4, 0.5) is 18.0 Å². The summed E-state index contributed by atoms with van der Waals surface area (Å²) in [6, 6.07) is -2.28. The first-order chi connectivity index (χ1) is 7.54. The zero-order chi connectivity index (χ0) is 13.8. The number of amides is 2. The Hall–Kier alpha value is -1.47. The van der Waals surface area contributed by atoms with Gasteiger partial charge in [-0.05, 0) is 5.92 Å². The maximum absolute atomic E-state index is 12.0. The monoisotopic (exact) mass is 256 g/mol. The van der Waals surface area contributed by atoms with Crippen LogP contribution in [0.5, 0.6) is 0 Å². The molecule has 0 aromatic carbocycles. The van der Waals surface area contributed by atoms with Gasteiger partial charge in [0.05, 0.1) is 0 Å². The Morgan fingerprint density at radius 3 is 2.12 bits per heavy atom. The van der Waals surface area contributed by atoms with Crippen LogP contribution in [0.1, 0.15) is 13.8 Å². The first-order valence-corrected chi connectivity index (χ1v) is 4.85. The van der Waals surface area contributed by atoms with E-state index < -0.39 is 36.7 Å². The number of alkyl halides is 3. The van der Waals surface area contributed by atoms with Crippen molar-refractivity contribution >= 4 is 12.0 Å². The summed E-state index contributed by atoms with van der Waals surface area (Å²) >= 11 is 0. The van der Waals surface area contributed by atoms with E-state index in [2.05, 4.69) is 0 Å². The highest BCUT2D eigenvalue weighted by atomic mass is 19.4. The number of carbonyl (C=O) groups excluding carboxylic acids is 1. The lowest BCUT2D eigenvalue weighted by atomic mass is 10.1. The van der Waals surface area contributed by atoms with Crippen molar-refractivity contribution in [1.29, 1.82) is 0 Å². The molecule has 0 aromatic rings. The number of hydrogen-bond acceptors (Lipinski definition) is 2. The summed E-state index contributed by atoms with van der Waals surface area (Å²) < 4.78 is 35.9. The van der Waals surface area contributed by atoms with Crippen LogP contribution >= 0.6 is 0 Å². The van der Waals surface area contributed by atoms with Crippen LogP contribution in [0.3, 0.4) is 0 Å². The van der Waals surface area contributed by atoms with E-state index in [1.54, 1.807) is 13.8 Å². The highest BCUT2D eigenvalue weighted by Gasteiger charge is 2.32. The largest absolute Gasteiger partial charge is 0.480 e. The van der Waals surface area contributed by atoms with Crippen LogP contribution in [0.15, 0.2) is 0 Å². The highest BCUT2D eigenvalue weighted by Crippen LogP contribution is 2.15. The molecule has 17 heavy (non-hydrogen) atoms. The average molecular weight is 256 g/mol. The van der Waals surface area contributed by atoms with Crippen molar-refractivity contribution in [1.82, 2.24) is 10.2 Å². The zero-order valence-corrected chi connectivity index (χ0v) is 9.71. The van der Waals surface area contributed by atoms with E-state index >= 15 is 0 Å². The van der Waals surface area contributed by atoms with Gasteiger partial charge in [-0.3, -0.25) is 0 Å². The smallest absolute Gasteiger partial charge is 0.406 e. The van der Waals surface area contributed by atoms with Crippen LogP contribution in [-0.4, -0.2) is 47.8 Å². The Balaban J connectivity index is 4.47. The Kier molecular flexibility index (Phi) is 5.24.